The van der Waals surface area contributed by atoms with E-state index in [1.165, 1.54) is 23.5 Å². The van der Waals surface area contributed by atoms with Gasteiger partial charge in [0.05, 0.1) is 20.7 Å². The summed E-state index contributed by atoms with van der Waals surface area (Å²) in [6, 6.07) is 2.78. The molecule has 0 saturated carbocycles. The fourth-order valence-electron chi connectivity index (χ4n) is 1.53. The third-order valence-corrected chi connectivity index (χ3v) is 4.07. The SMILES string of the molecule is O=C(O)c1ccc(NCCc2nccs2)c(F)c1Br. The molecule has 0 saturated heterocycles. The van der Waals surface area contributed by atoms with E-state index >= 15 is 0 Å². The van der Waals surface area contributed by atoms with Crippen molar-refractivity contribution >= 4 is 38.9 Å². The second kappa shape index (κ2) is 6.12. The Bertz CT molecular complexity index is 590. The first kappa shape index (κ1) is 14.0. The molecule has 1 aromatic heterocycles. The fraction of sp³-hybridized carbons (Fsp3) is 0.167. The van der Waals surface area contributed by atoms with Crippen molar-refractivity contribution in [2.24, 2.45) is 0 Å². The Morgan fingerprint density at radius 3 is 2.95 bits per heavy atom. The quantitative estimate of drug-likeness (QED) is 0.872. The number of hydrogen-bond donors (Lipinski definition) is 2. The number of nitrogens with zero attached hydrogens (tertiary/aromatic N) is 1. The Kier molecular flexibility index (Phi) is 4.49. The minimum Gasteiger partial charge on any atom is -0.478 e. The van der Waals surface area contributed by atoms with Crippen molar-refractivity contribution in [3.8, 4) is 0 Å². The summed E-state index contributed by atoms with van der Waals surface area (Å²) >= 11 is 4.50. The molecule has 7 heteroatoms. The van der Waals surface area contributed by atoms with Gasteiger partial charge in [-0.25, -0.2) is 14.2 Å². The van der Waals surface area contributed by atoms with Crippen molar-refractivity contribution in [1.82, 2.24) is 4.98 Å². The summed E-state index contributed by atoms with van der Waals surface area (Å²) in [6.45, 7) is 0.531. The van der Waals surface area contributed by atoms with Crippen LogP contribution >= 0.6 is 27.3 Å². The van der Waals surface area contributed by atoms with Crippen molar-refractivity contribution < 1.29 is 14.3 Å². The number of nitrogens with one attached hydrogen (secondary N) is 1. The van der Waals surface area contributed by atoms with E-state index in [1.54, 1.807) is 6.20 Å². The number of thiazole rings is 1. The Hall–Kier alpha value is -1.47. The first-order valence-corrected chi connectivity index (χ1v) is 7.10. The van der Waals surface area contributed by atoms with Crippen LogP contribution in [-0.4, -0.2) is 22.6 Å². The Morgan fingerprint density at radius 2 is 2.32 bits per heavy atom. The highest BCUT2D eigenvalue weighted by Gasteiger charge is 2.15. The van der Waals surface area contributed by atoms with Crippen LogP contribution in [-0.2, 0) is 6.42 Å². The molecule has 0 unspecified atom stereocenters. The van der Waals surface area contributed by atoms with Gasteiger partial charge < -0.3 is 10.4 Å². The molecule has 0 radical (unpaired) electrons. The van der Waals surface area contributed by atoms with Crippen LogP contribution in [0.4, 0.5) is 10.1 Å². The van der Waals surface area contributed by atoms with E-state index in [1.807, 2.05) is 5.38 Å². The van der Waals surface area contributed by atoms with Crippen molar-refractivity contribution in [1.29, 1.82) is 0 Å². The number of benzene rings is 1. The van der Waals surface area contributed by atoms with Gasteiger partial charge in [0.15, 0.2) is 5.82 Å². The Balaban J connectivity index is 2.05. The van der Waals surface area contributed by atoms with Gasteiger partial charge in [-0.3, -0.25) is 0 Å². The van der Waals surface area contributed by atoms with Crippen molar-refractivity contribution in [3.05, 3.63) is 44.6 Å². The molecule has 0 spiro atoms. The topological polar surface area (TPSA) is 62.2 Å². The molecule has 0 fully saturated rings. The smallest absolute Gasteiger partial charge is 0.336 e. The number of aromatic carboxylic acids is 1. The first-order valence-electron chi connectivity index (χ1n) is 5.43. The fourth-order valence-corrected chi connectivity index (χ4v) is 2.67. The number of carbonyl (C=O) groups is 1. The van der Waals surface area contributed by atoms with Gasteiger partial charge in [0.25, 0.3) is 0 Å². The van der Waals surface area contributed by atoms with Crippen LogP contribution in [0.25, 0.3) is 0 Å². The molecule has 0 aliphatic heterocycles. The lowest BCUT2D eigenvalue weighted by molar-refractivity contribution is 0.0695. The summed E-state index contributed by atoms with van der Waals surface area (Å²) < 4.78 is 13.9. The lowest BCUT2D eigenvalue weighted by Gasteiger charge is -2.09. The third kappa shape index (κ3) is 3.30. The van der Waals surface area contributed by atoms with E-state index in [2.05, 4.69) is 26.2 Å². The molecule has 0 atom stereocenters. The zero-order valence-corrected chi connectivity index (χ0v) is 12.1. The summed E-state index contributed by atoms with van der Waals surface area (Å²) in [7, 11) is 0. The monoisotopic (exact) mass is 344 g/mol. The number of aromatic nitrogens is 1. The van der Waals surface area contributed by atoms with E-state index in [0.717, 1.165) is 5.01 Å². The van der Waals surface area contributed by atoms with Crippen LogP contribution in [0.3, 0.4) is 0 Å². The van der Waals surface area contributed by atoms with Gasteiger partial charge in [-0.15, -0.1) is 11.3 Å². The molecule has 4 nitrogen and oxygen atoms in total. The molecule has 2 rings (SSSR count). The minimum absolute atomic E-state index is 0.0424. The van der Waals surface area contributed by atoms with Gasteiger partial charge in [0.2, 0.25) is 0 Å². The number of halogens is 2. The van der Waals surface area contributed by atoms with Gasteiger partial charge in [-0.05, 0) is 28.1 Å². The highest BCUT2D eigenvalue weighted by Crippen LogP contribution is 2.27. The predicted octanol–water partition coefficient (Wildman–Crippen LogP) is 3.40. The summed E-state index contributed by atoms with van der Waals surface area (Å²) in [5.74, 6) is -1.76. The molecule has 19 heavy (non-hydrogen) atoms. The normalized spacial score (nSPS) is 10.4. The molecular weight excluding hydrogens is 335 g/mol. The van der Waals surface area contributed by atoms with E-state index in [9.17, 15) is 9.18 Å². The van der Waals surface area contributed by atoms with Gasteiger partial charge >= 0.3 is 5.97 Å². The molecule has 0 amide bonds. The van der Waals surface area contributed by atoms with Crippen molar-refractivity contribution in [3.63, 3.8) is 0 Å². The molecule has 0 aliphatic carbocycles. The highest BCUT2D eigenvalue weighted by molar-refractivity contribution is 9.10. The van der Waals surface area contributed by atoms with Crippen molar-refractivity contribution in [2.75, 3.05) is 11.9 Å². The van der Waals surface area contributed by atoms with Gasteiger partial charge in [-0.2, -0.15) is 0 Å². The minimum atomic E-state index is -1.17. The van der Waals surface area contributed by atoms with Crippen LogP contribution < -0.4 is 5.32 Å². The van der Waals surface area contributed by atoms with E-state index in [-0.39, 0.29) is 15.7 Å². The molecule has 0 aliphatic rings. The Labute approximate surface area is 121 Å². The average Bonchev–Trinajstić information content (AvgIpc) is 2.87. The number of anilines is 1. The standard InChI is InChI=1S/C12H10BrFN2O2S/c13-10-7(12(17)18)1-2-8(11(10)14)15-4-3-9-16-5-6-19-9/h1-2,5-6,15H,3-4H2,(H,17,18). The summed E-state index contributed by atoms with van der Waals surface area (Å²) in [6.07, 6.45) is 2.41. The van der Waals surface area contributed by atoms with E-state index in [4.69, 9.17) is 5.11 Å². The maximum Gasteiger partial charge on any atom is 0.336 e. The first-order chi connectivity index (χ1) is 9.09. The second-order valence-electron chi connectivity index (χ2n) is 3.70. The van der Waals surface area contributed by atoms with Gasteiger partial charge in [-0.1, -0.05) is 0 Å². The second-order valence-corrected chi connectivity index (χ2v) is 5.47. The average molecular weight is 345 g/mol. The lowest BCUT2D eigenvalue weighted by Crippen LogP contribution is -2.08. The summed E-state index contributed by atoms with van der Waals surface area (Å²) in [4.78, 5) is 15.0. The van der Waals surface area contributed by atoms with Gasteiger partial charge in [0.1, 0.15) is 0 Å². The number of carboxylic acids is 1. The van der Waals surface area contributed by atoms with Crippen LogP contribution in [0.2, 0.25) is 0 Å². The molecule has 1 aromatic carbocycles. The molecular formula is C12H10BrFN2O2S. The molecule has 2 aromatic rings. The summed E-state index contributed by atoms with van der Waals surface area (Å²) in [5, 5.41) is 14.6. The maximum atomic E-state index is 13.9. The zero-order chi connectivity index (χ0) is 13.8. The van der Waals surface area contributed by atoms with Crippen LogP contribution in [0.5, 0.6) is 0 Å². The Morgan fingerprint density at radius 1 is 1.53 bits per heavy atom. The highest BCUT2D eigenvalue weighted by atomic mass is 79.9. The van der Waals surface area contributed by atoms with E-state index < -0.39 is 11.8 Å². The van der Waals surface area contributed by atoms with Crippen LogP contribution in [0.1, 0.15) is 15.4 Å². The zero-order valence-electron chi connectivity index (χ0n) is 9.69. The van der Waals surface area contributed by atoms with Crippen LogP contribution in [0, 0.1) is 5.82 Å². The number of rotatable bonds is 5. The molecule has 2 N–H and O–H groups in total. The number of hydrogen-bond acceptors (Lipinski definition) is 4. The lowest BCUT2D eigenvalue weighted by atomic mass is 10.2. The van der Waals surface area contributed by atoms with Crippen LogP contribution in [0.15, 0.2) is 28.2 Å². The number of carboxylic acid groups (broad SMARTS) is 1. The predicted molar refractivity (Wildman–Crippen MR) is 75.4 cm³/mol. The largest absolute Gasteiger partial charge is 0.478 e. The molecule has 0 bridgehead atoms. The molecule has 1 heterocycles. The molecule has 100 valence electrons. The summed E-state index contributed by atoms with van der Waals surface area (Å²) in [5.41, 5.74) is 0.177. The van der Waals surface area contributed by atoms with Crippen molar-refractivity contribution in [2.45, 2.75) is 6.42 Å². The third-order valence-electron chi connectivity index (χ3n) is 2.45. The van der Waals surface area contributed by atoms with E-state index in [0.29, 0.717) is 13.0 Å². The van der Waals surface area contributed by atoms with Gasteiger partial charge in [0, 0.05) is 24.5 Å². The maximum absolute atomic E-state index is 13.9.